The van der Waals surface area contributed by atoms with Crippen LogP contribution in [0.3, 0.4) is 0 Å². The zero-order valence-corrected chi connectivity index (χ0v) is 22.2. The van der Waals surface area contributed by atoms with E-state index in [2.05, 4.69) is 27.4 Å². The first-order chi connectivity index (χ1) is 18.6. The highest BCUT2D eigenvalue weighted by atomic mass is 16.4. The molecular weight excluding hydrogens is 488 g/mol. The number of aromatic hydroxyl groups is 1. The number of hydrogen-bond acceptors (Lipinski definition) is 4. The topological polar surface area (TPSA) is 87.7 Å². The number of rotatable bonds is 6. The van der Waals surface area contributed by atoms with E-state index < -0.39 is 5.97 Å². The molecule has 0 aliphatic heterocycles. The second-order valence-corrected chi connectivity index (χ2v) is 11.0. The van der Waals surface area contributed by atoms with E-state index in [1.807, 2.05) is 30.3 Å². The van der Waals surface area contributed by atoms with Crippen molar-refractivity contribution in [2.75, 3.05) is 0 Å². The van der Waals surface area contributed by atoms with Crippen LogP contribution in [0, 0.1) is 5.41 Å². The number of aliphatic carboxylic acids is 1. The van der Waals surface area contributed by atoms with Crippen molar-refractivity contribution in [1.29, 1.82) is 0 Å². The average molecular weight is 519 g/mol. The second-order valence-electron chi connectivity index (χ2n) is 11.0. The molecule has 0 spiro atoms. The lowest BCUT2D eigenvalue weighted by molar-refractivity contribution is -0.132. The third-order valence-electron chi connectivity index (χ3n) is 6.96. The van der Waals surface area contributed by atoms with Crippen molar-refractivity contribution in [2.24, 2.45) is 5.41 Å². The Hall–Kier alpha value is -4.64. The summed E-state index contributed by atoms with van der Waals surface area (Å²) in [4.78, 5) is 24.7. The molecule has 1 aromatic heterocycles. The Labute approximate surface area is 226 Å². The van der Waals surface area contributed by atoms with Crippen LogP contribution in [-0.2, 0) is 4.79 Å². The maximum atomic E-state index is 12.6. The number of fused-ring (bicyclic) bond motifs is 6. The number of carboxylic acids is 1. The van der Waals surface area contributed by atoms with Crippen molar-refractivity contribution in [3.63, 3.8) is 0 Å². The average Bonchev–Trinajstić information content (AvgIpc) is 2.87. The van der Waals surface area contributed by atoms with E-state index in [9.17, 15) is 19.8 Å². The molecule has 39 heavy (non-hydrogen) atoms. The summed E-state index contributed by atoms with van der Waals surface area (Å²) in [6.45, 7) is 10.2. The fourth-order valence-corrected chi connectivity index (χ4v) is 5.11. The number of carbonyl (C=O) groups is 1. The lowest BCUT2D eigenvalue weighted by Gasteiger charge is -2.19. The van der Waals surface area contributed by atoms with Crippen molar-refractivity contribution in [3.05, 3.63) is 107 Å². The van der Waals surface area contributed by atoms with Gasteiger partial charge < -0.3 is 14.6 Å². The zero-order valence-electron chi connectivity index (χ0n) is 22.2. The zero-order chi connectivity index (χ0) is 27.9. The molecule has 5 rings (SSSR count). The summed E-state index contributed by atoms with van der Waals surface area (Å²) >= 11 is 0. The van der Waals surface area contributed by atoms with Crippen LogP contribution in [0.2, 0.25) is 0 Å². The van der Waals surface area contributed by atoms with Crippen LogP contribution in [-0.4, -0.2) is 16.2 Å². The summed E-state index contributed by atoms with van der Waals surface area (Å²) in [6, 6.07) is 17.5. The van der Waals surface area contributed by atoms with Gasteiger partial charge in [0.25, 0.3) is 0 Å². The van der Waals surface area contributed by atoms with Gasteiger partial charge in [-0.1, -0.05) is 51.6 Å². The van der Waals surface area contributed by atoms with Crippen molar-refractivity contribution in [3.8, 4) is 5.75 Å². The maximum absolute atomic E-state index is 12.6. The Morgan fingerprint density at radius 1 is 0.897 bits per heavy atom. The molecular formula is C34H30O5. The predicted molar refractivity (Wildman–Crippen MR) is 159 cm³/mol. The number of phenols is 1. The van der Waals surface area contributed by atoms with E-state index in [1.165, 1.54) is 18.2 Å². The SMILES string of the molecule is C=C/C=C(C(=O)O)\C(=C/CCC(C)(C)C)c1c2ccc3cc(O)ccc3c2oc2c1ccc1cc(=O)ccc12. The molecule has 5 heteroatoms. The lowest BCUT2D eigenvalue weighted by atomic mass is 9.86. The van der Waals surface area contributed by atoms with Gasteiger partial charge in [-0.3, -0.25) is 4.79 Å². The van der Waals surface area contributed by atoms with E-state index in [1.54, 1.807) is 30.3 Å². The van der Waals surface area contributed by atoms with Gasteiger partial charge in [0.1, 0.15) is 16.9 Å². The molecule has 2 N–H and O–H groups in total. The Kier molecular flexibility index (Phi) is 6.61. The molecule has 0 atom stereocenters. The Bertz CT molecular complexity index is 1910. The number of phenolic OH excluding ortho intramolecular Hbond substituents is 1. The van der Waals surface area contributed by atoms with E-state index in [0.29, 0.717) is 23.2 Å². The first-order valence-corrected chi connectivity index (χ1v) is 12.9. The minimum absolute atomic E-state index is 0.0632. The molecule has 0 amide bonds. The van der Waals surface area contributed by atoms with E-state index in [4.69, 9.17) is 4.42 Å². The second kappa shape index (κ2) is 9.91. The standard InChI is InChI=1S/C34H30O5/c1-5-7-27(33(37)38)26(8-6-17-34(2,3)4)30-28-13-9-20-18-22(35)11-15-24(20)31(28)39-32-25-16-12-23(36)19-21(25)10-14-29(30)32/h5,7-16,18-19,35H,1,6,17H2,2-4H3,(H,37,38)/b26-8+,27-7+. The minimum Gasteiger partial charge on any atom is -0.508 e. The number of benzene rings is 4. The van der Waals surface area contributed by atoms with Gasteiger partial charge in [0.2, 0.25) is 0 Å². The third-order valence-corrected chi connectivity index (χ3v) is 6.96. The highest BCUT2D eigenvalue weighted by molar-refractivity contribution is 6.21. The highest BCUT2D eigenvalue weighted by Gasteiger charge is 2.23. The van der Waals surface area contributed by atoms with Crippen molar-refractivity contribution >= 4 is 55.0 Å². The van der Waals surface area contributed by atoms with Gasteiger partial charge in [0.05, 0.1) is 5.57 Å². The minimum atomic E-state index is -1.05. The van der Waals surface area contributed by atoms with Gasteiger partial charge in [-0.25, -0.2) is 4.79 Å². The van der Waals surface area contributed by atoms with Gasteiger partial charge in [-0.2, -0.15) is 0 Å². The van der Waals surface area contributed by atoms with E-state index in [-0.39, 0.29) is 22.2 Å². The molecule has 0 aliphatic rings. The van der Waals surface area contributed by atoms with Crippen molar-refractivity contribution in [1.82, 2.24) is 0 Å². The van der Waals surface area contributed by atoms with Crippen LogP contribution in [0.25, 0.3) is 49.1 Å². The quantitative estimate of drug-likeness (QED) is 0.102. The van der Waals surface area contributed by atoms with Gasteiger partial charge in [0.15, 0.2) is 5.43 Å². The summed E-state index contributed by atoms with van der Waals surface area (Å²) < 4.78 is 6.60. The molecule has 196 valence electrons. The van der Waals surface area contributed by atoms with E-state index >= 15 is 0 Å². The van der Waals surface area contributed by atoms with Crippen LogP contribution in [0.4, 0.5) is 0 Å². The van der Waals surface area contributed by atoms with Gasteiger partial charge in [-0.05, 0) is 89.2 Å². The summed E-state index contributed by atoms with van der Waals surface area (Å²) in [6.07, 6.45) is 6.54. The summed E-state index contributed by atoms with van der Waals surface area (Å²) in [5.74, 6) is -0.914. The molecule has 0 fully saturated rings. The lowest BCUT2D eigenvalue weighted by Crippen LogP contribution is -2.06. The molecule has 0 radical (unpaired) electrons. The molecule has 0 saturated heterocycles. The van der Waals surface area contributed by atoms with Crippen LogP contribution >= 0.6 is 0 Å². The molecule has 0 unspecified atom stereocenters. The number of hydrogen-bond donors (Lipinski definition) is 2. The monoisotopic (exact) mass is 518 g/mol. The van der Waals surface area contributed by atoms with Crippen LogP contribution in [0.15, 0.2) is 100 Å². The largest absolute Gasteiger partial charge is 0.508 e. The molecule has 5 aromatic rings. The summed E-state index contributed by atoms with van der Waals surface area (Å²) in [5.41, 5.74) is 2.53. The molecule has 5 nitrogen and oxygen atoms in total. The Balaban J connectivity index is 1.98. The molecule has 1 heterocycles. The smallest absolute Gasteiger partial charge is 0.336 e. The summed E-state index contributed by atoms with van der Waals surface area (Å²) in [7, 11) is 0. The van der Waals surface area contributed by atoms with Crippen molar-refractivity contribution in [2.45, 2.75) is 33.6 Å². The van der Waals surface area contributed by atoms with Gasteiger partial charge in [-0.15, -0.1) is 0 Å². The Morgan fingerprint density at radius 3 is 2.08 bits per heavy atom. The Morgan fingerprint density at radius 2 is 1.49 bits per heavy atom. The van der Waals surface area contributed by atoms with Crippen LogP contribution in [0.1, 0.15) is 39.2 Å². The maximum Gasteiger partial charge on any atom is 0.336 e. The highest BCUT2D eigenvalue weighted by Crippen LogP contribution is 2.42. The third kappa shape index (κ3) is 4.96. The van der Waals surface area contributed by atoms with Gasteiger partial charge in [0, 0.05) is 27.1 Å². The number of allylic oxidation sites excluding steroid dienone is 3. The van der Waals surface area contributed by atoms with Crippen LogP contribution < -0.4 is 5.43 Å². The normalized spacial score (nSPS) is 13.0. The van der Waals surface area contributed by atoms with E-state index in [0.717, 1.165) is 44.3 Å². The first-order valence-electron chi connectivity index (χ1n) is 12.9. The molecule has 0 aliphatic carbocycles. The van der Waals surface area contributed by atoms with Crippen molar-refractivity contribution < 1.29 is 19.4 Å². The summed E-state index contributed by atoms with van der Waals surface area (Å²) in [5, 5.41) is 24.9. The molecule has 0 bridgehead atoms. The fourth-order valence-electron chi connectivity index (χ4n) is 5.11. The predicted octanol–water partition coefficient (Wildman–Crippen LogP) is 8.36. The molecule has 4 aromatic carbocycles. The fraction of sp³-hybridized carbons (Fsp3) is 0.176. The van der Waals surface area contributed by atoms with Crippen LogP contribution in [0.5, 0.6) is 5.75 Å². The molecule has 0 saturated carbocycles. The van der Waals surface area contributed by atoms with Gasteiger partial charge >= 0.3 is 5.97 Å². The first kappa shape index (κ1) is 26.0. The number of carboxylic acid groups (broad SMARTS) is 1.